The summed E-state index contributed by atoms with van der Waals surface area (Å²) in [6.45, 7) is 1.71. The number of hydrogen-bond donors (Lipinski definition) is 2. The van der Waals surface area contributed by atoms with Crippen molar-refractivity contribution in [1.29, 1.82) is 0 Å². The highest BCUT2D eigenvalue weighted by atomic mass is 32.2. The van der Waals surface area contributed by atoms with E-state index in [1.807, 2.05) is 14.1 Å². The molecule has 128 valence electrons. The fourth-order valence-corrected chi connectivity index (χ4v) is 4.03. The van der Waals surface area contributed by atoms with Gasteiger partial charge >= 0.3 is 0 Å². The summed E-state index contributed by atoms with van der Waals surface area (Å²) in [7, 11) is 1.00. The highest BCUT2D eigenvalue weighted by Gasteiger charge is 2.29. The van der Waals surface area contributed by atoms with Crippen LogP contribution in [0, 0.1) is 0 Å². The Labute approximate surface area is 136 Å². The maximum absolute atomic E-state index is 12.2. The van der Waals surface area contributed by atoms with Crippen LogP contribution in [0.25, 0.3) is 0 Å². The molecule has 1 aliphatic heterocycles. The molecule has 8 nitrogen and oxygen atoms in total. The summed E-state index contributed by atoms with van der Waals surface area (Å²) in [6, 6.07) is 1.24. The first-order valence-corrected chi connectivity index (χ1v) is 9.40. The molecule has 1 saturated heterocycles. The number of carbonyl (C=O) groups excluding carboxylic acids is 1. The molecule has 1 aromatic heterocycles. The van der Waals surface area contributed by atoms with E-state index in [-0.39, 0.29) is 29.1 Å². The lowest BCUT2D eigenvalue weighted by atomic mass is 10.2. The number of amides is 1. The van der Waals surface area contributed by atoms with Gasteiger partial charge in [-0.2, -0.15) is 0 Å². The molecule has 0 saturated carbocycles. The quantitative estimate of drug-likeness (QED) is 0.659. The zero-order chi connectivity index (χ0) is 16.9. The van der Waals surface area contributed by atoms with Crippen molar-refractivity contribution in [2.45, 2.75) is 18.9 Å². The zero-order valence-corrected chi connectivity index (χ0v) is 14.3. The summed E-state index contributed by atoms with van der Waals surface area (Å²) in [5.74, 6) is 0.341. The third-order valence-corrected chi connectivity index (χ3v) is 5.32. The molecule has 1 atom stereocenters. The fraction of sp³-hybridized carbons (Fsp3) is 0.643. The van der Waals surface area contributed by atoms with Crippen LogP contribution in [0.5, 0.6) is 0 Å². The second-order valence-electron chi connectivity index (χ2n) is 5.95. The van der Waals surface area contributed by atoms with Gasteiger partial charge in [-0.25, -0.2) is 18.4 Å². The lowest BCUT2D eigenvalue weighted by Crippen LogP contribution is -2.36. The van der Waals surface area contributed by atoms with Gasteiger partial charge in [-0.05, 0) is 33.5 Å². The Morgan fingerprint density at radius 3 is 2.83 bits per heavy atom. The third kappa shape index (κ3) is 5.76. The number of hydrogen-bond acceptors (Lipinski definition) is 7. The van der Waals surface area contributed by atoms with E-state index in [4.69, 9.17) is 0 Å². The van der Waals surface area contributed by atoms with Gasteiger partial charge in [-0.1, -0.05) is 0 Å². The van der Waals surface area contributed by atoms with Crippen LogP contribution in [-0.2, 0) is 9.84 Å². The number of aromatic nitrogens is 2. The van der Waals surface area contributed by atoms with Gasteiger partial charge in [0.2, 0.25) is 0 Å². The third-order valence-electron chi connectivity index (χ3n) is 3.56. The van der Waals surface area contributed by atoms with Crippen molar-refractivity contribution in [1.82, 2.24) is 20.2 Å². The molecule has 0 bridgehead atoms. The average Bonchev–Trinajstić information content (AvgIpc) is 2.82. The smallest absolute Gasteiger partial charge is 0.270 e. The molecule has 0 aromatic carbocycles. The summed E-state index contributed by atoms with van der Waals surface area (Å²) in [6.07, 6.45) is 2.74. The van der Waals surface area contributed by atoms with Crippen molar-refractivity contribution in [3.05, 3.63) is 18.1 Å². The second kappa shape index (κ2) is 7.69. The topological polar surface area (TPSA) is 104 Å². The molecule has 1 unspecified atom stereocenters. The standard InChI is InChI=1S/C14H23N5O3S/c1-19(2)6-3-5-15-13-8-12(16-10-17-13)14(20)18-11-4-7-23(21,22)9-11/h8,10-11H,3-7,9H2,1-2H3,(H,18,20)(H,15,16,17). The van der Waals surface area contributed by atoms with Crippen LogP contribution in [0.15, 0.2) is 12.4 Å². The number of rotatable bonds is 7. The van der Waals surface area contributed by atoms with Crippen LogP contribution in [0.2, 0.25) is 0 Å². The van der Waals surface area contributed by atoms with Crippen LogP contribution >= 0.6 is 0 Å². The van der Waals surface area contributed by atoms with Gasteiger partial charge in [-0.15, -0.1) is 0 Å². The van der Waals surface area contributed by atoms with Gasteiger partial charge in [0.1, 0.15) is 17.8 Å². The SMILES string of the molecule is CN(C)CCCNc1cc(C(=O)NC2CCS(=O)(=O)C2)ncn1. The largest absolute Gasteiger partial charge is 0.370 e. The van der Waals surface area contributed by atoms with Crippen LogP contribution in [0.1, 0.15) is 23.3 Å². The van der Waals surface area contributed by atoms with Crippen LogP contribution in [-0.4, -0.2) is 73.9 Å². The fourth-order valence-electron chi connectivity index (χ4n) is 2.36. The monoisotopic (exact) mass is 341 g/mol. The number of nitrogens with zero attached hydrogens (tertiary/aromatic N) is 3. The van der Waals surface area contributed by atoms with E-state index in [1.54, 1.807) is 6.07 Å². The minimum atomic E-state index is -3.02. The summed E-state index contributed by atoms with van der Waals surface area (Å²) < 4.78 is 22.8. The predicted octanol–water partition coefficient (Wildman–Crippen LogP) is -0.243. The van der Waals surface area contributed by atoms with E-state index in [1.165, 1.54) is 6.33 Å². The maximum Gasteiger partial charge on any atom is 0.270 e. The molecule has 0 aliphatic carbocycles. The molecule has 9 heteroatoms. The van der Waals surface area contributed by atoms with E-state index in [0.717, 1.165) is 19.5 Å². The highest BCUT2D eigenvalue weighted by molar-refractivity contribution is 7.91. The molecular formula is C14H23N5O3S. The van der Waals surface area contributed by atoms with E-state index >= 15 is 0 Å². The van der Waals surface area contributed by atoms with Crippen molar-refractivity contribution in [3.63, 3.8) is 0 Å². The van der Waals surface area contributed by atoms with Gasteiger partial charge in [0, 0.05) is 18.7 Å². The Bertz CT molecular complexity index is 648. The van der Waals surface area contributed by atoms with E-state index < -0.39 is 9.84 Å². The van der Waals surface area contributed by atoms with Gasteiger partial charge in [-0.3, -0.25) is 4.79 Å². The van der Waals surface area contributed by atoms with Gasteiger partial charge in [0.25, 0.3) is 5.91 Å². The van der Waals surface area contributed by atoms with Crippen molar-refractivity contribution >= 4 is 21.6 Å². The maximum atomic E-state index is 12.2. The molecule has 1 aromatic rings. The van der Waals surface area contributed by atoms with Crippen LogP contribution in [0.3, 0.4) is 0 Å². The Morgan fingerprint density at radius 1 is 1.39 bits per heavy atom. The number of anilines is 1. The summed E-state index contributed by atoms with van der Waals surface area (Å²) >= 11 is 0. The van der Waals surface area contributed by atoms with Crippen molar-refractivity contribution in [2.75, 3.05) is 44.0 Å². The Hall–Kier alpha value is -1.74. The molecule has 1 aliphatic rings. The van der Waals surface area contributed by atoms with E-state index in [2.05, 4.69) is 25.5 Å². The molecule has 1 fully saturated rings. The number of nitrogens with one attached hydrogen (secondary N) is 2. The lowest BCUT2D eigenvalue weighted by molar-refractivity contribution is 0.0936. The van der Waals surface area contributed by atoms with E-state index in [9.17, 15) is 13.2 Å². The van der Waals surface area contributed by atoms with Crippen molar-refractivity contribution in [2.24, 2.45) is 0 Å². The van der Waals surface area contributed by atoms with Gasteiger partial charge < -0.3 is 15.5 Å². The average molecular weight is 341 g/mol. The molecule has 0 radical (unpaired) electrons. The van der Waals surface area contributed by atoms with Gasteiger partial charge in [0.15, 0.2) is 9.84 Å². The van der Waals surface area contributed by atoms with E-state index in [0.29, 0.717) is 12.2 Å². The van der Waals surface area contributed by atoms with Gasteiger partial charge in [0.05, 0.1) is 11.5 Å². The number of sulfone groups is 1. The Kier molecular flexibility index (Phi) is 5.89. The Morgan fingerprint density at radius 2 is 2.17 bits per heavy atom. The molecule has 23 heavy (non-hydrogen) atoms. The minimum Gasteiger partial charge on any atom is -0.370 e. The molecule has 2 heterocycles. The first kappa shape index (κ1) is 17.6. The second-order valence-corrected chi connectivity index (χ2v) is 8.17. The molecule has 2 N–H and O–H groups in total. The number of carbonyl (C=O) groups is 1. The molecule has 0 spiro atoms. The normalized spacial score (nSPS) is 19.7. The van der Waals surface area contributed by atoms with Crippen molar-refractivity contribution < 1.29 is 13.2 Å². The minimum absolute atomic E-state index is 0.000530. The summed E-state index contributed by atoms with van der Waals surface area (Å²) in [4.78, 5) is 22.3. The predicted molar refractivity (Wildman–Crippen MR) is 88.2 cm³/mol. The van der Waals surface area contributed by atoms with Crippen LogP contribution < -0.4 is 10.6 Å². The highest BCUT2D eigenvalue weighted by Crippen LogP contribution is 2.12. The zero-order valence-electron chi connectivity index (χ0n) is 13.4. The van der Waals surface area contributed by atoms with Crippen molar-refractivity contribution in [3.8, 4) is 0 Å². The summed E-state index contributed by atoms with van der Waals surface area (Å²) in [5, 5.41) is 5.87. The van der Waals surface area contributed by atoms with Crippen LogP contribution in [0.4, 0.5) is 5.82 Å². The first-order chi connectivity index (χ1) is 10.9. The Balaban J connectivity index is 1.87. The molecule has 1 amide bonds. The molecule has 2 rings (SSSR count). The summed E-state index contributed by atoms with van der Waals surface area (Å²) in [5.41, 5.74) is 0.236. The molecular weight excluding hydrogens is 318 g/mol. The lowest BCUT2D eigenvalue weighted by Gasteiger charge is -2.12. The first-order valence-electron chi connectivity index (χ1n) is 7.58.